The van der Waals surface area contributed by atoms with Crippen molar-refractivity contribution in [2.45, 2.75) is 19.3 Å². The van der Waals surface area contributed by atoms with E-state index in [1.165, 1.54) is 18.5 Å². The van der Waals surface area contributed by atoms with E-state index in [1.54, 1.807) is 7.05 Å². The average Bonchev–Trinajstić information content (AvgIpc) is 2.40. The molecule has 0 heterocycles. The molecule has 1 aliphatic carbocycles. The monoisotopic (exact) mass is 139 g/mol. The molecular weight excluding hydrogens is 126 g/mol. The second-order valence-corrected chi connectivity index (χ2v) is 2.36. The third-order valence-corrected chi connectivity index (χ3v) is 1.57. The van der Waals surface area contributed by atoms with Crippen LogP contribution in [0.5, 0.6) is 0 Å². The maximum Gasteiger partial charge on any atom is 0.192 e. The van der Waals surface area contributed by atoms with Gasteiger partial charge in [0.05, 0.1) is 0 Å². The lowest BCUT2D eigenvalue weighted by molar-refractivity contribution is 0.874. The minimum absolute atomic E-state index is 0.508. The van der Waals surface area contributed by atoms with Gasteiger partial charge in [-0.15, -0.1) is 0 Å². The van der Waals surface area contributed by atoms with E-state index in [9.17, 15) is 0 Å². The van der Waals surface area contributed by atoms with Crippen LogP contribution in [0.1, 0.15) is 19.3 Å². The second kappa shape index (κ2) is 3.25. The summed E-state index contributed by atoms with van der Waals surface area (Å²) >= 11 is 0. The van der Waals surface area contributed by atoms with Crippen molar-refractivity contribution in [2.24, 2.45) is 10.7 Å². The lowest BCUT2D eigenvalue weighted by Gasteiger charge is -2.03. The van der Waals surface area contributed by atoms with Crippen molar-refractivity contribution >= 4 is 5.96 Å². The summed E-state index contributed by atoms with van der Waals surface area (Å²) in [5, 5.41) is 3.02. The molecule has 1 aliphatic rings. The van der Waals surface area contributed by atoms with Crippen molar-refractivity contribution in [1.29, 1.82) is 0 Å². The molecular formula is C7H13N3. The van der Waals surface area contributed by atoms with E-state index >= 15 is 0 Å². The SMILES string of the molecule is CN=C(N)NC1=CCCC1. The van der Waals surface area contributed by atoms with Crippen molar-refractivity contribution in [3.8, 4) is 0 Å². The van der Waals surface area contributed by atoms with Gasteiger partial charge in [0.25, 0.3) is 0 Å². The Labute approximate surface area is 61.0 Å². The fraction of sp³-hybridized carbons (Fsp3) is 0.571. The fourth-order valence-corrected chi connectivity index (χ4v) is 1.00. The van der Waals surface area contributed by atoms with Gasteiger partial charge in [-0.25, -0.2) is 0 Å². The Balaban J connectivity index is 2.38. The Morgan fingerprint density at radius 2 is 2.60 bits per heavy atom. The third-order valence-electron chi connectivity index (χ3n) is 1.57. The molecule has 0 aliphatic heterocycles. The molecule has 1 rings (SSSR count). The summed E-state index contributed by atoms with van der Waals surface area (Å²) in [4.78, 5) is 3.79. The van der Waals surface area contributed by atoms with E-state index in [-0.39, 0.29) is 0 Å². The number of guanidine groups is 1. The summed E-state index contributed by atoms with van der Waals surface area (Å²) in [5.74, 6) is 0.508. The van der Waals surface area contributed by atoms with E-state index in [4.69, 9.17) is 5.73 Å². The van der Waals surface area contributed by atoms with Crippen LogP contribution in [-0.4, -0.2) is 13.0 Å². The summed E-state index contributed by atoms with van der Waals surface area (Å²) in [5.41, 5.74) is 6.66. The van der Waals surface area contributed by atoms with Crippen LogP contribution in [0.15, 0.2) is 16.8 Å². The summed E-state index contributed by atoms with van der Waals surface area (Å²) in [7, 11) is 1.68. The van der Waals surface area contributed by atoms with Gasteiger partial charge in [-0.2, -0.15) is 0 Å². The molecule has 3 heteroatoms. The van der Waals surface area contributed by atoms with Gasteiger partial charge in [-0.1, -0.05) is 6.08 Å². The lowest BCUT2D eigenvalue weighted by Crippen LogP contribution is -2.30. The molecule has 0 spiro atoms. The molecule has 0 amide bonds. The molecule has 0 aromatic heterocycles. The molecule has 0 aromatic carbocycles. The highest BCUT2D eigenvalue weighted by atomic mass is 15.1. The molecule has 0 saturated carbocycles. The number of aliphatic imine (C=N–C) groups is 1. The minimum atomic E-state index is 0.508. The minimum Gasteiger partial charge on any atom is -0.370 e. The predicted octanol–water partition coefficient (Wildman–Crippen LogP) is 0.588. The Bertz CT molecular complexity index is 170. The van der Waals surface area contributed by atoms with Crippen molar-refractivity contribution < 1.29 is 0 Å². The number of rotatable bonds is 1. The highest BCUT2D eigenvalue weighted by Crippen LogP contribution is 2.13. The van der Waals surface area contributed by atoms with Gasteiger partial charge in [0.1, 0.15) is 0 Å². The zero-order valence-electron chi connectivity index (χ0n) is 6.22. The Morgan fingerprint density at radius 3 is 3.10 bits per heavy atom. The van der Waals surface area contributed by atoms with Crippen LogP contribution in [-0.2, 0) is 0 Å². The van der Waals surface area contributed by atoms with E-state index in [1.807, 2.05) is 0 Å². The quantitative estimate of drug-likeness (QED) is 0.412. The van der Waals surface area contributed by atoms with E-state index < -0.39 is 0 Å². The summed E-state index contributed by atoms with van der Waals surface area (Å²) in [6.07, 6.45) is 5.67. The lowest BCUT2D eigenvalue weighted by atomic mass is 10.3. The molecule has 3 N–H and O–H groups in total. The standard InChI is InChI=1S/C7H13N3/c1-9-7(8)10-6-4-2-3-5-6/h4H,2-3,5H2,1H3,(H3,8,9,10). The predicted molar refractivity (Wildman–Crippen MR) is 42.6 cm³/mol. The molecule has 0 aromatic rings. The fourth-order valence-electron chi connectivity index (χ4n) is 1.00. The smallest absolute Gasteiger partial charge is 0.192 e. The van der Waals surface area contributed by atoms with Gasteiger partial charge in [-0.3, -0.25) is 4.99 Å². The maximum atomic E-state index is 5.45. The summed E-state index contributed by atoms with van der Waals surface area (Å²) in [6.45, 7) is 0. The first-order valence-corrected chi connectivity index (χ1v) is 3.51. The topological polar surface area (TPSA) is 50.4 Å². The van der Waals surface area contributed by atoms with Gasteiger partial charge in [0.15, 0.2) is 5.96 Å². The van der Waals surface area contributed by atoms with Crippen LogP contribution in [0.25, 0.3) is 0 Å². The third kappa shape index (κ3) is 1.76. The highest BCUT2D eigenvalue weighted by molar-refractivity contribution is 5.79. The first-order valence-electron chi connectivity index (χ1n) is 3.51. The van der Waals surface area contributed by atoms with Gasteiger partial charge in [0, 0.05) is 12.7 Å². The highest BCUT2D eigenvalue weighted by Gasteiger charge is 2.03. The number of hydrogen-bond donors (Lipinski definition) is 2. The number of allylic oxidation sites excluding steroid dienone is 2. The molecule has 3 nitrogen and oxygen atoms in total. The number of nitrogens with two attached hydrogens (primary N) is 1. The Kier molecular flexibility index (Phi) is 2.31. The van der Waals surface area contributed by atoms with Crippen LogP contribution >= 0.6 is 0 Å². The molecule has 0 atom stereocenters. The van der Waals surface area contributed by atoms with Gasteiger partial charge in [-0.05, 0) is 19.3 Å². The van der Waals surface area contributed by atoms with Crippen LogP contribution in [0.2, 0.25) is 0 Å². The molecule has 0 saturated heterocycles. The molecule has 0 bridgehead atoms. The normalized spacial score (nSPS) is 18.9. The van der Waals surface area contributed by atoms with Gasteiger partial charge >= 0.3 is 0 Å². The number of hydrogen-bond acceptors (Lipinski definition) is 1. The van der Waals surface area contributed by atoms with E-state index in [2.05, 4.69) is 16.4 Å². The van der Waals surface area contributed by atoms with E-state index in [0.717, 1.165) is 6.42 Å². The molecule has 0 unspecified atom stereocenters. The maximum absolute atomic E-state index is 5.45. The van der Waals surface area contributed by atoms with Crippen molar-refractivity contribution in [3.05, 3.63) is 11.8 Å². The zero-order chi connectivity index (χ0) is 7.40. The van der Waals surface area contributed by atoms with Crippen molar-refractivity contribution in [2.75, 3.05) is 7.05 Å². The zero-order valence-corrected chi connectivity index (χ0v) is 6.22. The Hall–Kier alpha value is -0.990. The largest absolute Gasteiger partial charge is 0.370 e. The van der Waals surface area contributed by atoms with Crippen LogP contribution in [0.4, 0.5) is 0 Å². The van der Waals surface area contributed by atoms with Gasteiger partial charge in [0.2, 0.25) is 0 Å². The average molecular weight is 139 g/mol. The van der Waals surface area contributed by atoms with Crippen LogP contribution in [0, 0.1) is 0 Å². The first-order chi connectivity index (χ1) is 4.83. The van der Waals surface area contributed by atoms with Crippen LogP contribution < -0.4 is 11.1 Å². The summed E-state index contributed by atoms with van der Waals surface area (Å²) in [6, 6.07) is 0. The Morgan fingerprint density at radius 1 is 1.80 bits per heavy atom. The van der Waals surface area contributed by atoms with Crippen molar-refractivity contribution in [1.82, 2.24) is 5.32 Å². The second-order valence-electron chi connectivity index (χ2n) is 2.36. The first kappa shape index (κ1) is 7.12. The van der Waals surface area contributed by atoms with E-state index in [0.29, 0.717) is 5.96 Å². The number of nitrogens with zero attached hydrogens (tertiary/aromatic N) is 1. The van der Waals surface area contributed by atoms with Crippen molar-refractivity contribution in [3.63, 3.8) is 0 Å². The van der Waals surface area contributed by atoms with Gasteiger partial charge < -0.3 is 11.1 Å². The molecule has 10 heavy (non-hydrogen) atoms. The molecule has 56 valence electrons. The number of nitrogens with one attached hydrogen (secondary N) is 1. The molecule has 0 radical (unpaired) electrons. The summed E-state index contributed by atoms with van der Waals surface area (Å²) < 4.78 is 0. The molecule has 0 fully saturated rings. The van der Waals surface area contributed by atoms with Crippen LogP contribution in [0.3, 0.4) is 0 Å².